The maximum Gasteiger partial charge on any atom is 0.0612 e. The molecule has 2 atom stereocenters. The van der Waals surface area contributed by atoms with Gasteiger partial charge in [0, 0.05) is 18.7 Å². The molecule has 2 nitrogen and oxygen atoms in total. The maximum absolute atomic E-state index is 5.90. The molecule has 1 aliphatic heterocycles. The molecule has 1 saturated carbocycles. The third-order valence-electron chi connectivity index (χ3n) is 6.27. The summed E-state index contributed by atoms with van der Waals surface area (Å²) in [5.41, 5.74) is 0.534. The van der Waals surface area contributed by atoms with Crippen molar-refractivity contribution in [1.82, 2.24) is 5.32 Å². The second kappa shape index (κ2) is 7.46. The molecule has 1 aliphatic carbocycles. The van der Waals surface area contributed by atoms with Crippen molar-refractivity contribution in [2.75, 3.05) is 6.61 Å². The zero-order valence-electron chi connectivity index (χ0n) is 15.0. The Kier molecular flexibility index (Phi) is 6.14. The van der Waals surface area contributed by atoms with Gasteiger partial charge in [-0.25, -0.2) is 0 Å². The minimum absolute atomic E-state index is 0.464. The van der Waals surface area contributed by atoms with E-state index in [1.165, 1.54) is 44.9 Å². The Morgan fingerprint density at radius 3 is 2.29 bits per heavy atom. The molecule has 2 rings (SSSR count). The van der Waals surface area contributed by atoms with Crippen LogP contribution in [-0.2, 0) is 4.74 Å². The van der Waals surface area contributed by atoms with Crippen LogP contribution in [0.5, 0.6) is 0 Å². The highest BCUT2D eigenvalue weighted by Crippen LogP contribution is 2.40. The number of ether oxygens (including phenoxy) is 1. The van der Waals surface area contributed by atoms with Crippen molar-refractivity contribution in [3.63, 3.8) is 0 Å². The molecule has 0 spiro atoms. The molecule has 1 saturated heterocycles. The van der Waals surface area contributed by atoms with E-state index < -0.39 is 0 Å². The fourth-order valence-electron chi connectivity index (χ4n) is 4.11. The second-order valence-electron chi connectivity index (χ2n) is 8.43. The van der Waals surface area contributed by atoms with Crippen molar-refractivity contribution in [2.24, 2.45) is 17.3 Å². The van der Waals surface area contributed by atoms with Crippen LogP contribution in [0.2, 0.25) is 0 Å². The van der Waals surface area contributed by atoms with Gasteiger partial charge in [0.1, 0.15) is 0 Å². The molecule has 21 heavy (non-hydrogen) atoms. The van der Waals surface area contributed by atoms with Gasteiger partial charge in [-0.05, 0) is 55.8 Å². The van der Waals surface area contributed by atoms with Crippen LogP contribution in [0.1, 0.15) is 79.6 Å². The summed E-state index contributed by atoms with van der Waals surface area (Å²) in [6, 6.07) is 1.44. The van der Waals surface area contributed by atoms with E-state index in [1.54, 1.807) is 0 Å². The Balaban J connectivity index is 1.76. The smallest absolute Gasteiger partial charge is 0.0612 e. The number of rotatable bonds is 5. The van der Waals surface area contributed by atoms with Crippen LogP contribution in [0, 0.1) is 17.3 Å². The van der Waals surface area contributed by atoms with Crippen molar-refractivity contribution in [3.05, 3.63) is 0 Å². The van der Waals surface area contributed by atoms with E-state index in [2.05, 4.69) is 39.9 Å². The summed E-state index contributed by atoms with van der Waals surface area (Å²) < 4.78 is 5.90. The summed E-state index contributed by atoms with van der Waals surface area (Å²) >= 11 is 0. The van der Waals surface area contributed by atoms with E-state index in [1.807, 2.05) is 0 Å². The fraction of sp³-hybridized carbons (Fsp3) is 1.00. The molecule has 0 aromatic rings. The highest BCUT2D eigenvalue weighted by molar-refractivity contribution is 4.88. The first-order valence-corrected chi connectivity index (χ1v) is 9.30. The Bertz CT molecular complexity index is 305. The first kappa shape index (κ1) is 17.3. The zero-order chi connectivity index (χ0) is 15.5. The quantitative estimate of drug-likeness (QED) is 0.788. The van der Waals surface area contributed by atoms with Crippen molar-refractivity contribution >= 4 is 0 Å². The first-order chi connectivity index (χ1) is 9.92. The maximum atomic E-state index is 5.90. The van der Waals surface area contributed by atoms with E-state index in [-0.39, 0.29) is 0 Å². The van der Waals surface area contributed by atoms with Gasteiger partial charge >= 0.3 is 0 Å². The van der Waals surface area contributed by atoms with Crippen LogP contribution in [0.15, 0.2) is 0 Å². The van der Waals surface area contributed by atoms with Crippen molar-refractivity contribution < 1.29 is 4.74 Å². The van der Waals surface area contributed by atoms with E-state index >= 15 is 0 Å². The topological polar surface area (TPSA) is 21.3 Å². The van der Waals surface area contributed by atoms with Gasteiger partial charge in [-0.1, -0.05) is 41.0 Å². The molecule has 0 aromatic heterocycles. The van der Waals surface area contributed by atoms with Crippen LogP contribution in [0.4, 0.5) is 0 Å². The van der Waals surface area contributed by atoms with Gasteiger partial charge in [0.25, 0.3) is 0 Å². The van der Waals surface area contributed by atoms with Crippen LogP contribution in [-0.4, -0.2) is 24.8 Å². The van der Waals surface area contributed by atoms with E-state index in [0.29, 0.717) is 23.5 Å². The van der Waals surface area contributed by atoms with Crippen LogP contribution < -0.4 is 5.32 Å². The van der Waals surface area contributed by atoms with E-state index in [0.717, 1.165) is 18.6 Å². The largest absolute Gasteiger partial charge is 0.378 e. The minimum Gasteiger partial charge on any atom is -0.378 e. The molecule has 0 amide bonds. The highest BCUT2D eigenvalue weighted by atomic mass is 16.5. The minimum atomic E-state index is 0.464. The van der Waals surface area contributed by atoms with Gasteiger partial charge in [-0.2, -0.15) is 0 Å². The standard InChI is InChI=1S/C19H37NO/c1-6-19(4,5)15-7-9-16(10-8-15)20-17-11-12-21-18(13-17)14(2)3/h14-18,20H,6-13H2,1-5H3. The summed E-state index contributed by atoms with van der Waals surface area (Å²) in [6.45, 7) is 12.8. The molecule has 1 heterocycles. The van der Waals surface area contributed by atoms with Gasteiger partial charge in [-0.15, -0.1) is 0 Å². The predicted octanol–water partition coefficient (Wildman–Crippen LogP) is 4.77. The number of nitrogens with one attached hydrogen (secondary N) is 1. The lowest BCUT2D eigenvalue weighted by Gasteiger charge is -2.41. The molecule has 1 N–H and O–H groups in total. The lowest BCUT2D eigenvalue weighted by atomic mass is 9.69. The summed E-state index contributed by atoms with van der Waals surface area (Å²) in [6.07, 6.45) is 9.75. The SMILES string of the molecule is CCC(C)(C)C1CCC(NC2CCOC(C(C)C)C2)CC1. The average Bonchev–Trinajstić information content (AvgIpc) is 2.48. The van der Waals surface area contributed by atoms with Gasteiger partial charge in [0.05, 0.1) is 6.10 Å². The molecule has 2 heteroatoms. The Morgan fingerprint density at radius 2 is 1.71 bits per heavy atom. The van der Waals surface area contributed by atoms with Crippen LogP contribution in [0.25, 0.3) is 0 Å². The predicted molar refractivity (Wildman–Crippen MR) is 90.6 cm³/mol. The van der Waals surface area contributed by atoms with Gasteiger partial charge in [0.15, 0.2) is 0 Å². The molecule has 0 radical (unpaired) electrons. The molecular formula is C19H37NO. The second-order valence-corrected chi connectivity index (χ2v) is 8.43. The lowest BCUT2D eigenvalue weighted by molar-refractivity contribution is -0.0272. The average molecular weight is 296 g/mol. The number of hydrogen-bond acceptors (Lipinski definition) is 2. The van der Waals surface area contributed by atoms with Crippen molar-refractivity contribution in [2.45, 2.75) is 97.8 Å². The van der Waals surface area contributed by atoms with E-state index in [9.17, 15) is 0 Å². The Morgan fingerprint density at radius 1 is 1.05 bits per heavy atom. The molecular weight excluding hydrogens is 258 g/mol. The monoisotopic (exact) mass is 295 g/mol. The fourth-order valence-corrected chi connectivity index (χ4v) is 4.11. The first-order valence-electron chi connectivity index (χ1n) is 9.30. The zero-order valence-corrected chi connectivity index (χ0v) is 15.0. The van der Waals surface area contributed by atoms with Crippen LogP contribution in [0.3, 0.4) is 0 Å². The molecule has 0 bridgehead atoms. The normalized spacial score (nSPS) is 35.1. The number of hydrogen-bond donors (Lipinski definition) is 1. The van der Waals surface area contributed by atoms with Gasteiger partial charge in [0.2, 0.25) is 0 Å². The van der Waals surface area contributed by atoms with Crippen LogP contribution >= 0.6 is 0 Å². The summed E-state index contributed by atoms with van der Waals surface area (Å²) in [4.78, 5) is 0. The van der Waals surface area contributed by atoms with Gasteiger partial charge in [-0.3, -0.25) is 0 Å². The Labute approximate surface area is 132 Å². The van der Waals surface area contributed by atoms with Crippen molar-refractivity contribution in [3.8, 4) is 0 Å². The van der Waals surface area contributed by atoms with E-state index in [4.69, 9.17) is 4.74 Å². The Hall–Kier alpha value is -0.0800. The summed E-state index contributed by atoms with van der Waals surface area (Å²) in [7, 11) is 0. The molecule has 0 aromatic carbocycles. The molecule has 2 unspecified atom stereocenters. The highest BCUT2D eigenvalue weighted by Gasteiger charge is 2.33. The third kappa shape index (κ3) is 4.69. The summed E-state index contributed by atoms with van der Waals surface area (Å²) in [5, 5.41) is 3.95. The molecule has 2 aliphatic rings. The van der Waals surface area contributed by atoms with Crippen molar-refractivity contribution in [1.29, 1.82) is 0 Å². The third-order valence-corrected chi connectivity index (χ3v) is 6.27. The lowest BCUT2D eigenvalue weighted by Crippen LogP contribution is -2.47. The molecule has 2 fully saturated rings. The summed E-state index contributed by atoms with van der Waals surface area (Å²) in [5.74, 6) is 1.58. The van der Waals surface area contributed by atoms with Gasteiger partial charge < -0.3 is 10.1 Å². The molecule has 124 valence electrons.